The number of hydrogen-bond acceptors (Lipinski definition) is 4. The van der Waals surface area contributed by atoms with Gasteiger partial charge in [0.1, 0.15) is 0 Å². The molecule has 7 heteroatoms. The van der Waals surface area contributed by atoms with Crippen LogP contribution >= 0.6 is 11.6 Å². The molecule has 4 rings (SSSR count). The molecule has 6 nitrogen and oxygen atoms in total. The Labute approximate surface area is 151 Å². The van der Waals surface area contributed by atoms with Crippen LogP contribution in [0.2, 0.25) is 5.02 Å². The van der Waals surface area contributed by atoms with Crippen LogP contribution in [0.1, 0.15) is 32.3 Å². The summed E-state index contributed by atoms with van der Waals surface area (Å²) in [6.45, 7) is 4.32. The first kappa shape index (κ1) is 16.4. The number of amides is 4. The van der Waals surface area contributed by atoms with Crippen LogP contribution in [-0.4, -0.2) is 41.4 Å². The molecule has 2 atom stereocenters. The largest absolute Gasteiger partial charge is 0.367 e. The summed E-state index contributed by atoms with van der Waals surface area (Å²) in [7, 11) is 0. The van der Waals surface area contributed by atoms with E-state index in [1.165, 1.54) is 4.90 Å². The number of urea groups is 1. The zero-order valence-electron chi connectivity index (χ0n) is 14.2. The first-order valence-corrected chi connectivity index (χ1v) is 8.99. The Morgan fingerprint density at radius 3 is 2.76 bits per heavy atom. The lowest BCUT2D eigenvalue weighted by atomic mass is 9.68. The van der Waals surface area contributed by atoms with Gasteiger partial charge in [-0.15, -0.1) is 0 Å². The van der Waals surface area contributed by atoms with Crippen molar-refractivity contribution in [1.29, 1.82) is 0 Å². The molecule has 1 spiro atoms. The SMILES string of the molecule is CC(C)N1C(=O)NC(=O)[C@@]2(Cc3c(Cl)cccc3N3CCC[C@@H]32)C1=O. The predicted octanol–water partition coefficient (Wildman–Crippen LogP) is 2.34. The molecule has 25 heavy (non-hydrogen) atoms. The number of benzene rings is 1. The van der Waals surface area contributed by atoms with Gasteiger partial charge in [0.2, 0.25) is 11.8 Å². The molecule has 1 aromatic rings. The molecular formula is C18H20ClN3O3. The number of rotatable bonds is 1. The Hall–Kier alpha value is -2.08. The number of carbonyl (C=O) groups is 3. The summed E-state index contributed by atoms with van der Waals surface area (Å²) in [5.41, 5.74) is 0.505. The highest BCUT2D eigenvalue weighted by molar-refractivity contribution is 6.32. The van der Waals surface area contributed by atoms with Crippen molar-refractivity contribution < 1.29 is 14.4 Å². The molecule has 2 fully saturated rings. The van der Waals surface area contributed by atoms with Crippen molar-refractivity contribution >= 4 is 35.1 Å². The van der Waals surface area contributed by atoms with E-state index in [1.54, 1.807) is 19.9 Å². The van der Waals surface area contributed by atoms with Crippen LogP contribution in [0, 0.1) is 5.41 Å². The van der Waals surface area contributed by atoms with Crippen molar-refractivity contribution in [2.75, 3.05) is 11.4 Å². The normalized spacial score (nSPS) is 28.5. The minimum absolute atomic E-state index is 0.227. The van der Waals surface area contributed by atoms with Crippen molar-refractivity contribution in [2.45, 2.75) is 45.2 Å². The number of imide groups is 2. The average molecular weight is 362 g/mol. The summed E-state index contributed by atoms with van der Waals surface area (Å²) in [5.74, 6) is -0.902. The van der Waals surface area contributed by atoms with E-state index >= 15 is 0 Å². The molecule has 132 valence electrons. The van der Waals surface area contributed by atoms with Gasteiger partial charge in [-0.1, -0.05) is 17.7 Å². The van der Waals surface area contributed by atoms with Gasteiger partial charge in [-0.05, 0) is 44.4 Å². The molecule has 4 amide bonds. The smallest absolute Gasteiger partial charge is 0.331 e. The Morgan fingerprint density at radius 2 is 2.04 bits per heavy atom. The van der Waals surface area contributed by atoms with Crippen LogP contribution in [-0.2, 0) is 16.0 Å². The van der Waals surface area contributed by atoms with E-state index in [9.17, 15) is 14.4 Å². The summed E-state index contributed by atoms with van der Waals surface area (Å²) < 4.78 is 0. The lowest BCUT2D eigenvalue weighted by Gasteiger charge is -2.50. The highest BCUT2D eigenvalue weighted by atomic mass is 35.5. The van der Waals surface area contributed by atoms with Crippen molar-refractivity contribution in [3.05, 3.63) is 28.8 Å². The Kier molecular flexibility index (Phi) is 3.58. The number of halogens is 1. The third-order valence-corrected chi connectivity index (χ3v) is 6.00. The molecule has 0 aliphatic carbocycles. The number of hydrogen-bond donors (Lipinski definition) is 1. The lowest BCUT2D eigenvalue weighted by molar-refractivity contribution is -0.154. The zero-order valence-corrected chi connectivity index (χ0v) is 15.0. The van der Waals surface area contributed by atoms with E-state index in [0.717, 1.165) is 30.6 Å². The molecule has 0 aromatic heterocycles. The molecule has 0 unspecified atom stereocenters. The Balaban J connectivity index is 1.91. The molecule has 3 aliphatic heterocycles. The van der Waals surface area contributed by atoms with Crippen LogP contribution < -0.4 is 10.2 Å². The van der Waals surface area contributed by atoms with Gasteiger partial charge in [-0.3, -0.25) is 19.8 Å². The summed E-state index contributed by atoms with van der Waals surface area (Å²) in [6, 6.07) is 4.45. The van der Waals surface area contributed by atoms with Gasteiger partial charge in [0.25, 0.3) is 0 Å². The average Bonchev–Trinajstić information content (AvgIpc) is 3.03. The van der Waals surface area contributed by atoms with Gasteiger partial charge in [-0.25, -0.2) is 4.79 Å². The molecule has 0 radical (unpaired) electrons. The minimum atomic E-state index is -1.30. The van der Waals surface area contributed by atoms with Crippen molar-refractivity contribution in [1.82, 2.24) is 10.2 Å². The lowest BCUT2D eigenvalue weighted by Crippen LogP contribution is -2.72. The van der Waals surface area contributed by atoms with E-state index in [-0.39, 0.29) is 18.5 Å². The summed E-state index contributed by atoms with van der Waals surface area (Å²) >= 11 is 6.41. The van der Waals surface area contributed by atoms with Crippen molar-refractivity contribution in [3.63, 3.8) is 0 Å². The number of nitrogens with one attached hydrogen (secondary N) is 1. The monoisotopic (exact) mass is 361 g/mol. The molecule has 1 aromatic carbocycles. The molecular weight excluding hydrogens is 342 g/mol. The van der Waals surface area contributed by atoms with Gasteiger partial charge in [-0.2, -0.15) is 0 Å². The molecule has 0 bridgehead atoms. The molecule has 3 aliphatic rings. The molecule has 3 heterocycles. The fourth-order valence-electron chi connectivity index (χ4n) is 4.55. The fraction of sp³-hybridized carbons (Fsp3) is 0.500. The van der Waals surface area contributed by atoms with E-state index in [2.05, 4.69) is 10.2 Å². The van der Waals surface area contributed by atoms with Crippen LogP contribution in [0.15, 0.2) is 18.2 Å². The minimum Gasteiger partial charge on any atom is -0.367 e. The second-order valence-electron chi connectivity index (χ2n) is 7.27. The van der Waals surface area contributed by atoms with Gasteiger partial charge < -0.3 is 4.90 Å². The first-order valence-electron chi connectivity index (χ1n) is 8.61. The summed E-state index contributed by atoms with van der Waals surface area (Å²) in [6.07, 6.45) is 1.87. The topological polar surface area (TPSA) is 69.7 Å². The van der Waals surface area contributed by atoms with Crippen LogP contribution in [0.4, 0.5) is 10.5 Å². The Morgan fingerprint density at radius 1 is 1.28 bits per heavy atom. The van der Waals surface area contributed by atoms with E-state index in [1.807, 2.05) is 12.1 Å². The highest BCUT2D eigenvalue weighted by Gasteiger charge is 2.63. The standard InChI is InChI=1S/C18H20ClN3O3/c1-10(2)22-16(24)18(15(23)20-17(22)25)9-11-12(19)5-3-6-13(11)21-8-4-7-14(18)21/h3,5-6,10,14H,4,7-9H2,1-2H3,(H,20,23,25)/t14-,18+/m1/s1. The summed E-state index contributed by atoms with van der Waals surface area (Å²) in [4.78, 5) is 41.9. The van der Waals surface area contributed by atoms with E-state index in [0.29, 0.717) is 5.02 Å². The number of barbiturate groups is 1. The second-order valence-corrected chi connectivity index (χ2v) is 7.67. The number of nitrogens with zero attached hydrogens (tertiary/aromatic N) is 2. The van der Waals surface area contributed by atoms with Gasteiger partial charge in [0.05, 0.1) is 6.04 Å². The van der Waals surface area contributed by atoms with Gasteiger partial charge in [0.15, 0.2) is 5.41 Å². The van der Waals surface area contributed by atoms with Crippen LogP contribution in [0.25, 0.3) is 0 Å². The third-order valence-electron chi connectivity index (χ3n) is 5.64. The second kappa shape index (κ2) is 5.46. The first-order chi connectivity index (χ1) is 11.9. The predicted molar refractivity (Wildman–Crippen MR) is 93.5 cm³/mol. The highest BCUT2D eigenvalue weighted by Crippen LogP contribution is 2.49. The van der Waals surface area contributed by atoms with Crippen LogP contribution in [0.5, 0.6) is 0 Å². The van der Waals surface area contributed by atoms with Gasteiger partial charge >= 0.3 is 6.03 Å². The number of fused-ring (bicyclic) bond motifs is 4. The quantitative estimate of drug-likeness (QED) is 0.779. The Bertz CT molecular complexity index is 794. The maximum absolute atomic E-state index is 13.4. The fourth-order valence-corrected chi connectivity index (χ4v) is 4.78. The van der Waals surface area contributed by atoms with Gasteiger partial charge in [0, 0.05) is 29.7 Å². The molecule has 0 saturated carbocycles. The third kappa shape index (κ3) is 2.06. The van der Waals surface area contributed by atoms with Crippen molar-refractivity contribution in [2.24, 2.45) is 5.41 Å². The molecule has 1 N–H and O–H groups in total. The van der Waals surface area contributed by atoms with E-state index < -0.39 is 23.3 Å². The van der Waals surface area contributed by atoms with Crippen molar-refractivity contribution in [3.8, 4) is 0 Å². The number of anilines is 1. The maximum Gasteiger partial charge on any atom is 0.331 e. The van der Waals surface area contributed by atoms with E-state index in [4.69, 9.17) is 11.6 Å². The maximum atomic E-state index is 13.4. The number of carbonyl (C=O) groups excluding carboxylic acids is 3. The van der Waals surface area contributed by atoms with Crippen LogP contribution in [0.3, 0.4) is 0 Å². The zero-order chi connectivity index (χ0) is 17.9. The summed E-state index contributed by atoms with van der Waals surface area (Å²) in [5, 5.41) is 2.97. The molecule has 2 saturated heterocycles.